The fourth-order valence-corrected chi connectivity index (χ4v) is 4.48. The number of aliphatic hydroxyl groups excluding tert-OH is 1. The first kappa shape index (κ1) is 23.3. The van der Waals surface area contributed by atoms with Gasteiger partial charge in [0.15, 0.2) is 0 Å². The quantitative estimate of drug-likeness (QED) is 0.349. The van der Waals surface area contributed by atoms with Crippen molar-refractivity contribution in [3.05, 3.63) is 54.4 Å². The molecular weight excluding hydrogens is 460 g/mol. The van der Waals surface area contributed by atoms with E-state index in [1.807, 2.05) is 29.4 Å². The molecule has 4 N–H and O–H groups in total. The molecule has 1 aliphatic rings. The molecule has 0 aliphatic carbocycles. The maximum Gasteiger partial charge on any atom is 0.252 e. The lowest BCUT2D eigenvalue weighted by atomic mass is 10.1. The van der Waals surface area contributed by atoms with Gasteiger partial charge in [-0.25, -0.2) is 14.5 Å². The molecule has 4 aromatic heterocycles. The van der Waals surface area contributed by atoms with Crippen molar-refractivity contribution in [3.8, 4) is 17.2 Å². The molecule has 1 fully saturated rings. The van der Waals surface area contributed by atoms with Crippen LogP contribution in [0.25, 0.3) is 16.6 Å². The van der Waals surface area contributed by atoms with Crippen LogP contribution in [-0.4, -0.2) is 65.6 Å². The molecule has 0 radical (unpaired) electrons. The molecule has 0 saturated carbocycles. The van der Waals surface area contributed by atoms with Crippen LogP contribution >= 0.6 is 0 Å². The minimum absolute atomic E-state index is 0.0133. The Morgan fingerprint density at radius 3 is 2.69 bits per heavy atom. The van der Waals surface area contributed by atoms with Crippen LogP contribution in [-0.2, 0) is 6.54 Å². The number of amides is 1. The Bertz CT molecular complexity index is 1450. The van der Waals surface area contributed by atoms with Gasteiger partial charge in [-0.1, -0.05) is 6.92 Å². The zero-order valence-corrected chi connectivity index (χ0v) is 19.9. The van der Waals surface area contributed by atoms with Gasteiger partial charge in [0.25, 0.3) is 5.91 Å². The van der Waals surface area contributed by atoms with Crippen molar-refractivity contribution in [2.45, 2.75) is 32.5 Å². The van der Waals surface area contributed by atoms with Crippen LogP contribution < -0.4 is 16.0 Å². The summed E-state index contributed by atoms with van der Waals surface area (Å²) >= 11 is 0. The second-order valence-electron chi connectivity index (χ2n) is 9.17. The number of nitrogens with zero attached hydrogens (tertiary/aromatic N) is 8. The highest BCUT2D eigenvalue weighted by molar-refractivity contribution is 6.02. The fourth-order valence-electron chi connectivity index (χ4n) is 4.48. The number of nitriles is 1. The van der Waals surface area contributed by atoms with Crippen LogP contribution in [0.15, 0.2) is 43.2 Å². The highest BCUT2D eigenvalue weighted by atomic mass is 16.3. The number of aliphatic hydroxyl groups is 1. The monoisotopic (exact) mass is 486 g/mol. The van der Waals surface area contributed by atoms with E-state index >= 15 is 0 Å². The maximum absolute atomic E-state index is 12.3. The second kappa shape index (κ2) is 9.27. The van der Waals surface area contributed by atoms with E-state index in [-0.39, 0.29) is 12.0 Å². The molecule has 184 valence electrons. The molecule has 12 nitrogen and oxygen atoms in total. The van der Waals surface area contributed by atoms with E-state index in [0.29, 0.717) is 47.9 Å². The first-order valence-electron chi connectivity index (χ1n) is 11.6. The number of rotatable bonds is 7. The van der Waals surface area contributed by atoms with Crippen LogP contribution in [0.1, 0.15) is 29.8 Å². The largest absolute Gasteiger partial charge is 0.391 e. The summed E-state index contributed by atoms with van der Waals surface area (Å²) in [6.07, 6.45) is 9.44. The predicted molar refractivity (Wildman–Crippen MR) is 132 cm³/mol. The Morgan fingerprint density at radius 2 is 2.00 bits per heavy atom. The van der Waals surface area contributed by atoms with Gasteiger partial charge < -0.3 is 21.1 Å². The Balaban J connectivity index is 1.45. The van der Waals surface area contributed by atoms with E-state index in [9.17, 15) is 9.90 Å². The molecule has 0 aromatic carbocycles. The zero-order valence-electron chi connectivity index (χ0n) is 19.9. The zero-order chi connectivity index (χ0) is 25.4. The maximum atomic E-state index is 12.3. The standard InChI is InChI=1S/C24H26N10O2/c1-14-9-32(24-27-5-16(4-25)6-28-24)13-20(14)31-22-19(23(26)36)8-30-34-12-17(3-21(22)34)18-7-29-33(11-18)10-15(2)35/h3,5-8,11-12,14-15,20,31,35H,9-10,13H2,1-2H3,(H2,26,36)/t14-,15+,20+/m0/s1. The van der Waals surface area contributed by atoms with Gasteiger partial charge >= 0.3 is 0 Å². The lowest BCUT2D eigenvalue weighted by molar-refractivity contribution is 0.100. The van der Waals surface area contributed by atoms with Gasteiger partial charge in [-0.05, 0) is 18.9 Å². The van der Waals surface area contributed by atoms with Gasteiger partial charge in [0.2, 0.25) is 5.95 Å². The average molecular weight is 487 g/mol. The van der Waals surface area contributed by atoms with Crippen molar-refractivity contribution in [1.82, 2.24) is 29.4 Å². The lowest BCUT2D eigenvalue weighted by Crippen LogP contribution is -2.30. The van der Waals surface area contributed by atoms with Crippen molar-refractivity contribution in [3.63, 3.8) is 0 Å². The van der Waals surface area contributed by atoms with E-state index in [1.165, 1.54) is 18.6 Å². The van der Waals surface area contributed by atoms with Crippen molar-refractivity contribution in [2.75, 3.05) is 23.3 Å². The summed E-state index contributed by atoms with van der Waals surface area (Å²) in [6, 6.07) is 3.95. The summed E-state index contributed by atoms with van der Waals surface area (Å²) in [5.74, 6) is 0.198. The molecule has 0 unspecified atom stereocenters. The van der Waals surface area contributed by atoms with Crippen molar-refractivity contribution >= 4 is 23.1 Å². The Kier molecular flexibility index (Phi) is 5.99. The molecule has 3 atom stereocenters. The number of primary amides is 1. The summed E-state index contributed by atoms with van der Waals surface area (Å²) in [4.78, 5) is 23.0. The van der Waals surface area contributed by atoms with Gasteiger partial charge in [0.1, 0.15) is 6.07 Å². The molecule has 5 rings (SSSR count). The van der Waals surface area contributed by atoms with Crippen LogP contribution in [0.4, 0.5) is 11.6 Å². The molecule has 0 bridgehead atoms. The number of fused-ring (bicyclic) bond motifs is 1. The Hall–Kier alpha value is -4.50. The smallest absolute Gasteiger partial charge is 0.252 e. The van der Waals surface area contributed by atoms with E-state index < -0.39 is 12.0 Å². The average Bonchev–Trinajstić information content (AvgIpc) is 3.57. The molecule has 1 aliphatic heterocycles. The summed E-state index contributed by atoms with van der Waals surface area (Å²) in [6.45, 7) is 5.54. The fraction of sp³-hybridized carbons (Fsp3) is 0.333. The third-order valence-corrected chi connectivity index (χ3v) is 6.31. The molecule has 36 heavy (non-hydrogen) atoms. The predicted octanol–water partition coefficient (Wildman–Crippen LogP) is 1.28. The molecule has 12 heteroatoms. The van der Waals surface area contributed by atoms with E-state index in [1.54, 1.807) is 22.3 Å². The Morgan fingerprint density at radius 1 is 1.22 bits per heavy atom. The number of hydrogen-bond donors (Lipinski definition) is 3. The molecular formula is C24H26N10O2. The summed E-state index contributed by atoms with van der Waals surface area (Å²) in [7, 11) is 0. The molecule has 0 spiro atoms. The normalized spacial score (nSPS) is 18.3. The topological polar surface area (TPSA) is 163 Å². The molecule has 1 saturated heterocycles. The first-order chi connectivity index (χ1) is 17.3. The van der Waals surface area contributed by atoms with Gasteiger partial charge in [-0.15, -0.1) is 0 Å². The number of nitrogens with one attached hydrogen (secondary N) is 1. The molecule has 5 heterocycles. The third-order valence-electron chi connectivity index (χ3n) is 6.31. The minimum Gasteiger partial charge on any atom is -0.391 e. The highest BCUT2D eigenvalue weighted by Crippen LogP contribution is 2.31. The summed E-state index contributed by atoms with van der Waals surface area (Å²) in [5.41, 5.74) is 9.48. The number of nitrogens with two attached hydrogens (primary N) is 1. The van der Waals surface area contributed by atoms with Gasteiger partial charge in [0.05, 0.1) is 59.8 Å². The van der Waals surface area contributed by atoms with Crippen molar-refractivity contribution < 1.29 is 9.90 Å². The van der Waals surface area contributed by atoms with Crippen molar-refractivity contribution in [1.29, 1.82) is 5.26 Å². The van der Waals surface area contributed by atoms with Crippen LogP contribution in [0, 0.1) is 17.2 Å². The number of carbonyl (C=O) groups is 1. The number of aromatic nitrogens is 6. The van der Waals surface area contributed by atoms with E-state index in [0.717, 1.165) is 11.1 Å². The third kappa shape index (κ3) is 4.44. The van der Waals surface area contributed by atoms with Gasteiger partial charge in [0, 0.05) is 42.7 Å². The Labute approximate surface area is 207 Å². The number of hydrogen-bond acceptors (Lipinski definition) is 9. The summed E-state index contributed by atoms with van der Waals surface area (Å²) in [5, 5.41) is 30.9. The highest BCUT2D eigenvalue weighted by Gasteiger charge is 2.32. The first-order valence-corrected chi connectivity index (χ1v) is 11.6. The van der Waals surface area contributed by atoms with Crippen LogP contribution in [0.2, 0.25) is 0 Å². The molecule has 1 amide bonds. The lowest BCUT2D eigenvalue weighted by Gasteiger charge is -2.20. The van der Waals surface area contributed by atoms with E-state index in [2.05, 4.69) is 32.4 Å². The van der Waals surface area contributed by atoms with Crippen LogP contribution in [0.3, 0.4) is 0 Å². The van der Waals surface area contributed by atoms with E-state index in [4.69, 9.17) is 11.0 Å². The summed E-state index contributed by atoms with van der Waals surface area (Å²) < 4.78 is 3.39. The minimum atomic E-state index is -0.571. The van der Waals surface area contributed by atoms with Crippen molar-refractivity contribution in [2.24, 2.45) is 11.7 Å². The SMILES string of the molecule is C[C@@H](O)Cn1cc(-c2cc3c(N[C@@H]4CN(c5ncc(C#N)cn5)C[C@@H]4C)c(C(N)=O)cnn3c2)cn1. The number of carbonyl (C=O) groups excluding carboxylic acids is 1. The van der Waals surface area contributed by atoms with Crippen LogP contribution in [0.5, 0.6) is 0 Å². The van der Waals surface area contributed by atoms with Gasteiger partial charge in [-0.2, -0.15) is 15.5 Å². The second-order valence-corrected chi connectivity index (χ2v) is 9.17. The molecule has 4 aromatic rings. The number of anilines is 2. The van der Waals surface area contributed by atoms with Gasteiger partial charge in [-0.3, -0.25) is 9.48 Å².